The molecular weight excluding hydrogens is 186 g/mol. The minimum atomic E-state index is -0.889. The van der Waals surface area contributed by atoms with E-state index in [2.05, 4.69) is 4.74 Å². The summed E-state index contributed by atoms with van der Waals surface area (Å²) in [5, 5.41) is 0. The van der Waals surface area contributed by atoms with Gasteiger partial charge in [0.2, 0.25) is 0 Å². The van der Waals surface area contributed by atoms with Crippen molar-refractivity contribution in [3.8, 4) is 0 Å². The largest absolute Gasteiger partial charge is 0.468 e. The van der Waals surface area contributed by atoms with Gasteiger partial charge in [-0.1, -0.05) is 0 Å². The summed E-state index contributed by atoms with van der Waals surface area (Å²) in [6.07, 6.45) is 1.46. The van der Waals surface area contributed by atoms with Crippen molar-refractivity contribution in [2.24, 2.45) is 5.73 Å². The van der Waals surface area contributed by atoms with Crippen LogP contribution in [0, 0.1) is 0 Å². The Kier molecular flexibility index (Phi) is 3.67. The minimum absolute atomic E-state index is 0.358. The van der Waals surface area contributed by atoms with E-state index in [9.17, 15) is 4.79 Å². The Morgan fingerprint density at radius 1 is 1.64 bits per heavy atom. The van der Waals surface area contributed by atoms with E-state index in [0.717, 1.165) is 5.56 Å². The molecule has 0 aromatic carbocycles. The second-order valence-electron chi connectivity index (χ2n) is 2.74. The van der Waals surface area contributed by atoms with Gasteiger partial charge in [0.05, 0.1) is 20.0 Å². The number of rotatable bonds is 4. The average Bonchev–Trinajstić information content (AvgIpc) is 2.64. The van der Waals surface area contributed by atoms with Crippen molar-refractivity contribution in [2.75, 3.05) is 14.2 Å². The third kappa shape index (κ3) is 2.12. The van der Waals surface area contributed by atoms with Gasteiger partial charge in [0, 0.05) is 12.7 Å². The van der Waals surface area contributed by atoms with Crippen molar-refractivity contribution in [1.29, 1.82) is 0 Å². The Bertz CT molecular complexity index is 308. The van der Waals surface area contributed by atoms with Crippen LogP contribution < -0.4 is 5.73 Å². The Labute approximate surface area is 81.8 Å². The van der Waals surface area contributed by atoms with Gasteiger partial charge in [-0.15, -0.1) is 0 Å². The molecule has 0 spiro atoms. The molecule has 5 nitrogen and oxygen atoms in total. The Morgan fingerprint density at radius 2 is 2.36 bits per heavy atom. The fraction of sp³-hybridized carbons (Fsp3) is 0.444. The van der Waals surface area contributed by atoms with Gasteiger partial charge in [-0.2, -0.15) is 0 Å². The molecule has 0 bridgehead atoms. The summed E-state index contributed by atoms with van der Waals surface area (Å²) in [6, 6.07) is 0.821. The highest BCUT2D eigenvalue weighted by atomic mass is 16.5. The number of carbonyl (C=O) groups is 1. The first kappa shape index (κ1) is 10.7. The van der Waals surface area contributed by atoms with E-state index in [-0.39, 0.29) is 0 Å². The number of hydrogen-bond donors (Lipinski definition) is 1. The van der Waals surface area contributed by atoms with Crippen LogP contribution in [0.1, 0.15) is 17.4 Å². The van der Waals surface area contributed by atoms with E-state index < -0.39 is 12.0 Å². The number of carbonyl (C=O) groups excluding carboxylic acids is 1. The molecule has 0 amide bonds. The Hall–Kier alpha value is -1.33. The number of methoxy groups -OCH3 is 2. The molecule has 0 saturated carbocycles. The Morgan fingerprint density at radius 3 is 2.93 bits per heavy atom. The lowest BCUT2D eigenvalue weighted by Crippen LogP contribution is -2.23. The second-order valence-corrected chi connectivity index (χ2v) is 2.74. The summed E-state index contributed by atoms with van der Waals surface area (Å²) in [6.45, 7) is 0.358. The third-order valence-electron chi connectivity index (χ3n) is 1.82. The number of ether oxygens (including phenoxy) is 2. The standard InChI is InChI=1S/C9H13NO4/c1-12-5-6-3-4-14-8(6)7(10)9(11)13-2/h3-4,7H,5,10H2,1-2H3. The fourth-order valence-electron chi connectivity index (χ4n) is 1.13. The lowest BCUT2D eigenvalue weighted by molar-refractivity contribution is -0.142. The monoisotopic (exact) mass is 199 g/mol. The average molecular weight is 199 g/mol. The molecule has 1 aromatic heterocycles. The number of hydrogen-bond acceptors (Lipinski definition) is 5. The molecule has 1 rings (SSSR count). The predicted octanol–water partition coefficient (Wildman–Crippen LogP) is 0.599. The molecule has 0 aliphatic rings. The third-order valence-corrected chi connectivity index (χ3v) is 1.82. The van der Waals surface area contributed by atoms with E-state index in [4.69, 9.17) is 14.9 Å². The van der Waals surface area contributed by atoms with Gasteiger partial charge < -0.3 is 19.6 Å². The molecule has 0 radical (unpaired) electrons. The number of esters is 1. The zero-order valence-electron chi connectivity index (χ0n) is 8.15. The fourth-order valence-corrected chi connectivity index (χ4v) is 1.13. The Balaban J connectivity index is 2.83. The topological polar surface area (TPSA) is 74.7 Å². The maximum atomic E-state index is 11.1. The molecule has 0 aliphatic heterocycles. The van der Waals surface area contributed by atoms with E-state index in [1.165, 1.54) is 13.4 Å². The summed E-state index contributed by atoms with van der Waals surface area (Å²) in [5.74, 6) is -0.143. The van der Waals surface area contributed by atoms with Gasteiger partial charge in [-0.3, -0.25) is 0 Å². The van der Waals surface area contributed by atoms with Crippen LogP contribution in [0.4, 0.5) is 0 Å². The van der Waals surface area contributed by atoms with Crippen molar-refractivity contribution in [3.05, 3.63) is 23.7 Å². The van der Waals surface area contributed by atoms with Gasteiger partial charge in [-0.25, -0.2) is 4.79 Å². The molecule has 2 N–H and O–H groups in total. The summed E-state index contributed by atoms with van der Waals surface area (Å²) in [7, 11) is 2.83. The summed E-state index contributed by atoms with van der Waals surface area (Å²) < 4.78 is 14.5. The van der Waals surface area contributed by atoms with Crippen molar-refractivity contribution in [1.82, 2.24) is 0 Å². The van der Waals surface area contributed by atoms with E-state index >= 15 is 0 Å². The van der Waals surface area contributed by atoms with Crippen LogP contribution in [0.3, 0.4) is 0 Å². The van der Waals surface area contributed by atoms with Crippen molar-refractivity contribution >= 4 is 5.97 Å². The zero-order valence-corrected chi connectivity index (χ0v) is 8.15. The quantitative estimate of drug-likeness (QED) is 0.718. The first-order valence-corrected chi connectivity index (χ1v) is 4.09. The molecule has 5 heteroatoms. The van der Waals surface area contributed by atoms with Crippen LogP contribution in [0.25, 0.3) is 0 Å². The smallest absolute Gasteiger partial charge is 0.330 e. The van der Waals surface area contributed by atoms with Crippen LogP contribution >= 0.6 is 0 Å². The first-order chi connectivity index (χ1) is 6.70. The van der Waals surface area contributed by atoms with Gasteiger partial charge in [0.15, 0.2) is 6.04 Å². The summed E-state index contributed by atoms with van der Waals surface area (Å²) in [5.41, 5.74) is 6.36. The highest BCUT2D eigenvalue weighted by Crippen LogP contribution is 2.19. The minimum Gasteiger partial charge on any atom is -0.468 e. The van der Waals surface area contributed by atoms with Crippen LogP contribution in [-0.4, -0.2) is 20.2 Å². The van der Waals surface area contributed by atoms with Gasteiger partial charge in [0.1, 0.15) is 5.76 Å². The molecular formula is C9H13NO4. The molecule has 0 aliphatic carbocycles. The molecule has 0 saturated heterocycles. The lowest BCUT2D eigenvalue weighted by atomic mass is 10.1. The predicted molar refractivity (Wildman–Crippen MR) is 48.4 cm³/mol. The van der Waals surface area contributed by atoms with Crippen molar-refractivity contribution < 1.29 is 18.7 Å². The molecule has 1 atom stereocenters. The van der Waals surface area contributed by atoms with Crippen molar-refractivity contribution in [2.45, 2.75) is 12.6 Å². The molecule has 0 fully saturated rings. The van der Waals surface area contributed by atoms with Crippen LogP contribution in [0.5, 0.6) is 0 Å². The van der Waals surface area contributed by atoms with Gasteiger partial charge in [0.25, 0.3) is 0 Å². The molecule has 1 heterocycles. The van der Waals surface area contributed by atoms with Crippen molar-refractivity contribution in [3.63, 3.8) is 0 Å². The highest BCUT2D eigenvalue weighted by molar-refractivity contribution is 5.76. The number of furan rings is 1. The summed E-state index contributed by atoms with van der Waals surface area (Å²) >= 11 is 0. The molecule has 14 heavy (non-hydrogen) atoms. The summed E-state index contributed by atoms with van der Waals surface area (Å²) in [4.78, 5) is 11.1. The number of nitrogens with two attached hydrogens (primary N) is 1. The SMILES string of the molecule is COCc1ccoc1C(N)C(=O)OC. The van der Waals surface area contributed by atoms with Gasteiger partial charge >= 0.3 is 5.97 Å². The highest BCUT2D eigenvalue weighted by Gasteiger charge is 2.22. The van der Waals surface area contributed by atoms with E-state index in [1.54, 1.807) is 13.2 Å². The molecule has 78 valence electrons. The zero-order chi connectivity index (χ0) is 10.6. The maximum absolute atomic E-state index is 11.1. The van der Waals surface area contributed by atoms with E-state index in [0.29, 0.717) is 12.4 Å². The molecule has 1 unspecified atom stereocenters. The maximum Gasteiger partial charge on any atom is 0.330 e. The first-order valence-electron chi connectivity index (χ1n) is 4.09. The van der Waals surface area contributed by atoms with Crippen LogP contribution in [0.15, 0.2) is 16.7 Å². The van der Waals surface area contributed by atoms with Crippen LogP contribution in [0.2, 0.25) is 0 Å². The molecule has 1 aromatic rings. The second kappa shape index (κ2) is 4.78. The normalized spacial score (nSPS) is 12.5. The lowest BCUT2D eigenvalue weighted by Gasteiger charge is -2.08. The van der Waals surface area contributed by atoms with Gasteiger partial charge in [-0.05, 0) is 6.07 Å². The van der Waals surface area contributed by atoms with E-state index in [1.807, 2.05) is 0 Å². The van der Waals surface area contributed by atoms with Crippen LogP contribution in [-0.2, 0) is 20.9 Å².